The summed E-state index contributed by atoms with van der Waals surface area (Å²) in [5.74, 6) is -1.98. The number of hydrogen-bond acceptors (Lipinski definition) is 6. The highest BCUT2D eigenvalue weighted by Crippen LogP contribution is 2.26. The second-order valence-electron chi connectivity index (χ2n) is 6.30. The van der Waals surface area contributed by atoms with E-state index in [1.165, 1.54) is 37.7 Å². The summed E-state index contributed by atoms with van der Waals surface area (Å²) >= 11 is 7.39. The van der Waals surface area contributed by atoms with Gasteiger partial charge in [-0.15, -0.1) is 11.8 Å². The number of nitrogens with one attached hydrogen (secondary N) is 2. The lowest BCUT2D eigenvalue weighted by atomic mass is 10.1. The molecule has 0 unspecified atom stereocenters. The molecule has 0 aromatic heterocycles. The standard InChI is InChI=1S/C21H21ClN2O5S/c1-12(23-20(27)15-6-4-5-7-16(15)22)21(28)29-11-18(26)14-8-9-19(30-3)17(10-14)24-13(2)25/h4-10,12H,11H2,1-3H3,(H,23,27)(H,24,25)/t12-/m0/s1. The Morgan fingerprint density at radius 3 is 2.47 bits per heavy atom. The van der Waals surface area contributed by atoms with Crippen molar-refractivity contribution in [3.63, 3.8) is 0 Å². The van der Waals surface area contributed by atoms with Crippen molar-refractivity contribution in [1.82, 2.24) is 5.32 Å². The summed E-state index contributed by atoms with van der Waals surface area (Å²) < 4.78 is 5.04. The Hall–Kier alpha value is -2.84. The largest absolute Gasteiger partial charge is 0.456 e. The van der Waals surface area contributed by atoms with Gasteiger partial charge >= 0.3 is 5.97 Å². The molecule has 2 N–H and O–H groups in total. The van der Waals surface area contributed by atoms with Gasteiger partial charge in [0.2, 0.25) is 5.91 Å². The van der Waals surface area contributed by atoms with Crippen LogP contribution in [0.2, 0.25) is 5.02 Å². The second-order valence-corrected chi connectivity index (χ2v) is 7.56. The Morgan fingerprint density at radius 2 is 1.83 bits per heavy atom. The van der Waals surface area contributed by atoms with Crippen LogP contribution in [0.4, 0.5) is 5.69 Å². The van der Waals surface area contributed by atoms with Gasteiger partial charge in [-0.05, 0) is 37.4 Å². The molecule has 2 rings (SSSR count). The first-order chi connectivity index (χ1) is 14.2. The maximum absolute atomic E-state index is 12.4. The maximum Gasteiger partial charge on any atom is 0.328 e. The van der Waals surface area contributed by atoms with Crippen molar-refractivity contribution in [2.24, 2.45) is 0 Å². The van der Waals surface area contributed by atoms with Crippen molar-refractivity contribution in [2.75, 3.05) is 18.2 Å². The number of benzene rings is 2. The SMILES string of the molecule is CSc1ccc(C(=O)COC(=O)[C@H](C)NC(=O)c2ccccc2Cl)cc1NC(C)=O. The minimum Gasteiger partial charge on any atom is -0.456 e. The molecule has 0 fully saturated rings. The molecule has 1 atom stereocenters. The number of amides is 2. The summed E-state index contributed by atoms with van der Waals surface area (Å²) in [6.07, 6.45) is 1.85. The Kier molecular flexibility index (Phi) is 8.44. The molecule has 0 heterocycles. The lowest BCUT2D eigenvalue weighted by molar-refractivity contribution is -0.144. The molecule has 30 heavy (non-hydrogen) atoms. The van der Waals surface area contributed by atoms with Crippen molar-refractivity contribution in [3.8, 4) is 0 Å². The predicted octanol–water partition coefficient (Wildman–Crippen LogP) is 3.56. The second kappa shape index (κ2) is 10.8. The molecule has 0 aliphatic heterocycles. The van der Waals surface area contributed by atoms with Gasteiger partial charge in [-0.2, -0.15) is 0 Å². The van der Waals surface area contributed by atoms with E-state index in [1.54, 1.807) is 30.3 Å². The number of rotatable bonds is 8. The van der Waals surface area contributed by atoms with E-state index in [9.17, 15) is 19.2 Å². The van der Waals surface area contributed by atoms with Crippen molar-refractivity contribution in [3.05, 3.63) is 58.6 Å². The number of esters is 1. The van der Waals surface area contributed by atoms with Crippen molar-refractivity contribution >= 4 is 52.6 Å². The first kappa shape index (κ1) is 23.4. The van der Waals surface area contributed by atoms with Crippen LogP contribution in [0, 0.1) is 0 Å². The van der Waals surface area contributed by atoms with Crippen LogP contribution in [0.25, 0.3) is 0 Å². The monoisotopic (exact) mass is 448 g/mol. The van der Waals surface area contributed by atoms with E-state index < -0.39 is 30.3 Å². The number of Topliss-reactive ketones (excluding diaryl/α,β-unsaturated/α-hetero) is 1. The molecule has 0 saturated heterocycles. The molecule has 0 bridgehead atoms. The third kappa shape index (κ3) is 6.33. The van der Waals surface area contributed by atoms with E-state index in [1.807, 2.05) is 6.26 Å². The fraction of sp³-hybridized carbons (Fsp3) is 0.238. The van der Waals surface area contributed by atoms with Crippen LogP contribution < -0.4 is 10.6 Å². The summed E-state index contributed by atoms with van der Waals surface area (Å²) in [7, 11) is 0. The first-order valence-electron chi connectivity index (χ1n) is 8.93. The molecule has 0 radical (unpaired) electrons. The van der Waals surface area contributed by atoms with Gasteiger partial charge in [0, 0.05) is 17.4 Å². The molecule has 0 saturated carbocycles. The number of hydrogen-bond donors (Lipinski definition) is 2. The van der Waals surface area contributed by atoms with Crippen LogP contribution in [-0.4, -0.2) is 42.5 Å². The van der Waals surface area contributed by atoms with Gasteiger partial charge in [0.25, 0.3) is 5.91 Å². The summed E-state index contributed by atoms with van der Waals surface area (Å²) in [5, 5.41) is 5.41. The molecule has 2 aromatic rings. The van der Waals surface area contributed by atoms with Crippen LogP contribution in [-0.2, 0) is 14.3 Å². The zero-order valence-corrected chi connectivity index (χ0v) is 18.2. The molecule has 7 nitrogen and oxygen atoms in total. The number of carbonyl (C=O) groups is 4. The highest BCUT2D eigenvalue weighted by atomic mass is 35.5. The van der Waals surface area contributed by atoms with Crippen LogP contribution >= 0.6 is 23.4 Å². The molecule has 2 aromatic carbocycles. The van der Waals surface area contributed by atoms with Crippen LogP contribution in [0.1, 0.15) is 34.6 Å². The molecule has 0 spiro atoms. The summed E-state index contributed by atoms with van der Waals surface area (Å²) in [6, 6.07) is 10.3. The zero-order valence-electron chi connectivity index (χ0n) is 16.7. The van der Waals surface area contributed by atoms with Gasteiger partial charge < -0.3 is 15.4 Å². The Balaban J connectivity index is 1.96. The number of thioether (sulfide) groups is 1. The first-order valence-corrected chi connectivity index (χ1v) is 10.5. The van der Waals surface area contributed by atoms with Crippen molar-refractivity contribution in [1.29, 1.82) is 0 Å². The Morgan fingerprint density at radius 1 is 1.13 bits per heavy atom. The lowest BCUT2D eigenvalue weighted by Gasteiger charge is -2.14. The van der Waals surface area contributed by atoms with E-state index in [0.29, 0.717) is 5.69 Å². The van der Waals surface area contributed by atoms with Gasteiger partial charge in [0.1, 0.15) is 6.04 Å². The lowest BCUT2D eigenvalue weighted by Crippen LogP contribution is -2.40. The normalized spacial score (nSPS) is 11.3. The quantitative estimate of drug-likeness (QED) is 0.363. The summed E-state index contributed by atoms with van der Waals surface area (Å²) in [4.78, 5) is 48.9. The maximum atomic E-state index is 12.4. The van der Waals surface area contributed by atoms with Gasteiger partial charge in [-0.25, -0.2) is 4.79 Å². The predicted molar refractivity (Wildman–Crippen MR) is 116 cm³/mol. The number of ether oxygens (including phenoxy) is 1. The van der Waals surface area contributed by atoms with E-state index in [0.717, 1.165) is 4.90 Å². The average molecular weight is 449 g/mol. The number of carbonyl (C=O) groups excluding carboxylic acids is 4. The highest BCUT2D eigenvalue weighted by Gasteiger charge is 2.21. The van der Waals surface area contributed by atoms with Gasteiger partial charge in [0.15, 0.2) is 12.4 Å². The van der Waals surface area contributed by atoms with E-state index in [-0.39, 0.29) is 22.1 Å². The Labute approximate surface area is 183 Å². The van der Waals surface area contributed by atoms with Crippen LogP contribution in [0.3, 0.4) is 0 Å². The third-order valence-corrected chi connectivity index (χ3v) is 5.12. The van der Waals surface area contributed by atoms with Gasteiger partial charge in [0.05, 0.1) is 16.3 Å². The molecule has 158 valence electrons. The van der Waals surface area contributed by atoms with Crippen LogP contribution in [0.15, 0.2) is 47.4 Å². The highest BCUT2D eigenvalue weighted by molar-refractivity contribution is 7.98. The molecular weight excluding hydrogens is 428 g/mol. The summed E-state index contributed by atoms with van der Waals surface area (Å²) in [6.45, 7) is 2.33. The Bertz CT molecular complexity index is 980. The van der Waals surface area contributed by atoms with Crippen molar-refractivity contribution in [2.45, 2.75) is 24.8 Å². The fourth-order valence-corrected chi connectivity index (χ4v) is 3.25. The van der Waals surface area contributed by atoms with E-state index >= 15 is 0 Å². The van der Waals surface area contributed by atoms with Gasteiger partial charge in [-0.1, -0.05) is 29.8 Å². The van der Waals surface area contributed by atoms with E-state index in [4.69, 9.17) is 16.3 Å². The molecule has 0 aliphatic carbocycles. The number of anilines is 1. The minimum atomic E-state index is -0.976. The molecule has 0 aliphatic rings. The van der Waals surface area contributed by atoms with E-state index in [2.05, 4.69) is 10.6 Å². The molecular formula is C21H21ClN2O5S. The molecule has 2 amide bonds. The van der Waals surface area contributed by atoms with Crippen LogP contribution in [0.5, 0.6) is 0 Å². The van der Waals surface area contributed by atoms with Gasteiger partial charge in [-0.3, -0.25) is 14.4 Å². The smallest absolute Gasteiger partial charge is 0.328 e. The average Bonchev–Trinajstić information content (AvgIpc) is 2.71. The van der Waals surface area contributed by atoms with Crippen molar-refractivity contribution < 1.29 is 23.9 Å². The number of halogens is 1. The fourth-order valence-electron chi connectivity index (χ4n) is 2.49. The minimum absolute atomic E-state index is 0.231. The zero-order chi connectivity index (χ0) is 22.3. The topological polar surface area (TPSA) is 102 Å². The summed E-state index contributed by atoms with van der Waals surface area (Å²) in [5.41, 5.74) is 1.03. The number of ketones is 1. The molecule has 9 heteroatoms. The third-order valence-electron chi connectivity index (χ3n) is 4.00.